The first-order chi connectivity index (χ1) is 12.8. The van der Waals surface area contributed by atoms with Crippen LogP contribution in [0.25, 0.3) is 0 Å². The molecule has 1 aromatic carbocycles. The van der Waals surface area contributed by atoms with Gasteiger partial charge in [-0.3, -0.25) is 4.79 Å². The summed E-state index contributed by atoms with van der Waals surface area (Å²) in [6.07, 6.45) is 0. The van der Waals surface area contributed by atoms with Crippen molar-refractivity contribution >= 4 is 33.7 Å². The highest BCUT2D eigenvalue weighted by Gasteiger charge is 2.20. The summed E-state index contributed by atoms with van der Waals surface area (Å²) >= 11 is 3.11. The molecule has 1 aromatic rings. The lowest BCUT2D eigenvalue weighted by atomic mass is 10.1. The van der Waals surface area contributed by atoms with Crippen LogP contribution >= 0.6 is 15.9 Å². The molecule has 156 valence electrons. The molecule has 0 bridgehead atoms. The second-order valence-corrected chi connectivity index (χ2v) is 8.53. The van der Waals surface area contributed by atoms with E-state index >= 15 is 0 Å². The van der Waals surface area contributed by atoms with Gasteiger partial charge in [-0.15, -0.1) is 0 Å². The van der Waals surface area contributed by atoms with E-state index in [1.165, 1.54) is 12.1 Å². The first-order valence-corrected chi connectivity index (χ1v) is 9.85. The van der Waals surface area contributed by atoms with Crippen LogP contribution in [-0.4, -0.2) is 47.5 Å². The van der Waals surface area contributed by atoms with E-state index < -0.39 is 23.1 Å². The lowest BCUT2D eigenvalue weighted by molar-refractivity contribution is -0.158. The number of ether oxygens (including phenoxy) is 4. The summed E-state index contributed by atoms with van der Waals surface area (Å²) in [7, 11) is 0. The van der Waals surface area contributed by atoms with Crippen LogP contribution in [0.15, 0.2) is 18.2 Å². The zero-order valence-corrected chi connectivity index (χ0v) is 18.7. The molecule has 0 spiro atoms. The van der Waals surface area contributed by atoms with Crippen LogP contribution in [0.1, 0.15) is 51.9 Å². The summed E-state index contributed by atoms with van der Waals surface area (Å²) < 4.78 is 21.4. The van der Waals surface area contributed by atoms with E-state index in [2.05, 4.69) is 15.9 Å². The van der Waals surface area contributed by atoms with E-state index in [0.29, 0.717) is 5.56 Å². The fourth-order valence-corrected chi connectivity index (χ4v) is 2.33. The molecule has 0 atom stereocenters. The van der Waals surface area contributed by atoms with Gasteiger partial charge >= 0.3 is 11.9 Å². The topological polar surface area (TPSA) is 88.1 Å². The van der Waals surface area contributed by atoms with Crippen molar-refractivity contribution in [1.29, 1.82) is 0 Å². The number of hydrogen-bond donors (Lipinski definition) is 0. The molecule has 1 rings (SSSR count). The molecule has 8 heteroatoms. The molecule has 0 radical (unpaired) electrons. The van der Waals surface area contributed by atoms with Gasteiger partial charge in [-0.25, -0.2) is 9.59 Å². The number of esters is 2. The molecule has 0 amide bonds. The molecule has 0 aliphatic heterocycles. The molecule has 7 nitrogen and oxygen atoms in total. The number of carbonyl (C=O) groups is 3. The Kier molecular flexibility index (Phi) is 8.48. The third-order valence-corrected chi connectivity index (χ3v) is 3.43. The largest absolute Gasteiger partial charge is 0.478 e. The smallest absolute Gasteiger partial charge is 0.344 e. The number of halogens is 1. The molecular formula is C20H27BrO7. The van der Waals surface area contributed by atoms with Gasteiger partial charge in [0.1, 0.15) is 11.2 Å². The highest BCUT2D eigenvalue weighted by molar-refractivity contribution is 9.09. The van der Waals surface area contributed by atoms with E-state index in [1.807, 2.05) is 0 Å². The number of benzene rings is 1. The number of alkyl halides is 1. The van der Waals surface area contributed by atoms with Crippen molar-refractivity contribution in [3.8, 4) is 11.5 Å². The van der Waals surface area contributed by atoms with Crippen LogP contribution in [0.5, 0.6) is 11.5 Å². The molecule has 0 aliphatic rings. The number of rotatable bonds is 8. The molecule has 0 unspecified atom stereocenters. The summed E-state index contributed by atoms with van der Waals surface area (Å²) in [6.45, 7) is 9.78. The van der Waals surface area contributed by atoms with Gasteiger partial charge in [-0.1, -0.05) is 15.9 Å². The van der Waals surface area contributed by atoms with Gasteiger partial charge in [-0.2, -0.15) is 0 Å². The lowest BCUT2D eigenvalue weighted by Crippen LogP contribution is -2.28. The standard InChI is InChI=1S/C20H27BrO7/c1-19(2,3)27-17(23)11-25-15-8-7-13(14(22)10-21)9-16(15)26-12-18(24)28-20(4,5)6/h7-9H,10-12H2,1-6H3. The minimum Gasteiger partial charge on any atom is -0.478 e. The molecule has 0 saturated heterocycles. The third kappa shape index (κ3) is 9.21. The SMILES string of the molecule is CC(C)(C)OC(=O)COc1ccc(C(=O)CBr)cc1OCC(=O)OC(C)(C)C. The second-order valence-electron chi connectivity index (χ2n) is 7.97. The van der Waals surface area contributed by atoms with Gasteiger partial charge in [0.15, 0.2) is 30.5 Å². The van der Waals surface area contributed by atoms with Crippen molar-refractivity contribution in [2.45, 2.75) is 52.7 Å². The minimum atomic E-state index is -0.649. The Balaban J connectivity index is 2.91. The van der Waals surface area contributed by atoms with Gasteiger partial charge in [0.2, 0.25) is 0 Å². The summed E-state index contributed by atoms with van der Waals surface area (Å²) in [5.74, 6) is -0.920. The van der Waals surface area contributed by atoms with Gasteiger partial charge in [-0.05, 0) is 59.7 Å². The highest BCUT2D eigenvalue weighted by Crippen LogP contribution is 2.29. The third-order valence-electron chi connectivity index (χ3n) is 2.92. The molecule has 0 aromatic heterocycles. The molecule has 0 saturated carbocycles. The normalized spacial score (nSPS) is 11.5. The summed E-state index contributed by atoms with van der Waals surface area (Å²) in [5, 5.41) is 0.136. The monoisotopic (exact) mass is 458 g/mol. The molecule has 0 fully saturated rings. The van der Waals surface area contributed by atoms with Gasteiger partial charge in [0.25, 0.3) is 0 Å². The Hall–Kier alpha value is -2.09. The number of carbonyl (C=O) groups excluding carboxylic acids is 3. The molecule has 0 aliphatic carbocycles. The van der Waals surface area contributed by atoms with Crippen LogP contribution < -0.4 is 9.47 Å². The summed E-state index contributed by atoms with van der Waals surface area (Å²) in [6, 6.07) is 4.51. The van der Waals surface area contributed by atoms with Crippen molar-refractivity contribution in [3.63, 3.8) is 0 Å². The van der Waals surface area contributed by atoms with Crippen LogP contribution in [-0.2, 0) is 19.1 Å². The fourth-order valence-electron chi connectivity index (χ4n) is 2.01. The lowest BCUT2D eigenvalue weighted by Gasteiger charge is -2.21. The average molecular weight is 459 g/mol. The minimum absolute atomic E-state index is 0.136. The van der Waals surface area contributed by atoms with Crippen LogP contribution in [0.4, 0.5) is 0 Å². The van der Waals surface area contributed by atoms with Crippen molar-refractivity contribution in [3.05, 3.63) is 23.8 Å². The maximum Gasteiger partial charge on any atom is 0.344 e. The Morgan fingerprint density at radius 1 is 0.821 bits per heavy atom. The van der Waals surface area contributed by atoms with E-state index in [4.69, 9.17) is 18.9 Å². The first-order valence-electron chi connectivity index (χ1n) is 8.73. The second kappa shape index (κ2) is 9.91. The van der Waals surface area contributed by atoms with E-state index in [1.54, 1.807) is 47.6 Å². The Bertz CT molecular complexity index is 714. The predicted molar refractivity (Wildman–Crippen MR) is 107 cm³/mol. The van der Waals surface area contributed by atoms with Crippen molar-refractivity contribution in [2.24, 2.45) is 0 Å². The average Bonchev–Trinajstić information content (AvgIpc) is 2.54. The maximum absolute atomic E-state index is 11.9. The Morgan fingerprint density at radius 3 is 1.71 bits per heavy atom. The Labute approximate surface area is 173 Å². The number of ketones is 1. The Morgan fingerprint density at radius 2 is 1.29 bits per heavy atom. The van der Waals surface area contributed by atoms with Crippen LogP contribution in [0.2, 0.25) is 0 Å². The van der Waals surface area contributed by atoms with Gasteiger partial charge in [0.05, 0.1) is 5.33 Å². The molecular weight excluding hydrogens is 432 g/mol. The van der Waals surface area contributed by atoms with Crippen molar-refractivity contribution in [1.82, 2.24) is 0 Å². The van der Waals surface area contributed by atoms with E-state index in [0.717, 1.165) is 0 Å². The van der Waals surface area contributed by atoms with Gasteiger partial charge in [0, 0.05) is 5.56 Å². The van der Waals surface area contributed by atoms with E-state index in [-0.39, 0.29) is 35.8 Å². The van der Waals surface area contributed by atoms with Crippen LogP contribution in [0.3, 0.4) is 0 Å². The highest BCUT2D eigenvalue weighted by atomic mass is 79.9. The quantitative estimate of drug-likeness (QED) is 0.333. The molecule has 0 heterocycles. The van der Waals surface area contributed by atoms with Crippen molar-refractivity contribution < 1.29 is 33.3 Å². The number of hydrogen-bond acceptors (Lipinski definition) is 7. The van der Waals surface area contributed by atoms with E-state index in [9.17, 15) is 14.4 Å². The maximum atomic E-state index is 11.9. The van der Waals surface area contributed by atoms with Crippen LogP contribution in [0, 0.1) is 0 Å². The van der Waals surface area contributed by atoms with Crippen molar-refractivity contribution in [2.75, 3.05) is 18.5 Å². The molecule has 28 heavy (non-hydrogen) atoms. The molecule has 0 N–H and O–H groups in total. The predicted octanol–water partition coefficient (Wildman–Crippen LogP) is 3.71. The number of Topliss-reactive ketones (excluding diaryl/α,β-unsaturated/α-hetero) is 1. The van der Waals surface area contributed by atoms with Gasteiger partial charge < -0.3 is 18.9 Å². The zero-order chi connectivity index (χ0) is 21.5. The first kappa shape index (κ1) is 23.9. The zero-order valence-electron chi connectivity index (χ0n) is 17.1. The fraction of sp³-hybridized carbons (Fsp3) is 0.550. The summed E-state index contributed by atoms with van der Waals surface area (Å²) in [4.78, 5) is 35.7. The summed E-state index contributed by atoms with van der Waals surface area (Å²) in [5.41, 5.74) is -0.909.